The minimum absolute atomic E-state index is 0.348. The third kappa shape index (κ3) is 2.09. The molecule has 4 nitrogen and oxygen atoms in total. The van der Waals surface area contributed by atoms with Gasteiger partial charge in [-0.2, -0.15) is 0 Å². The molecule has 0 fully saturated rings. The lowest BCUT2D eigenvalue weighted by Crippen LogP contribution is -2.29. The van der Waals surface area contributed by atoms with E-state index in [-0.39, 0.29) is 0 Å². The molecular formula is C10H13BrN2O2S. The summed E-state index contributed by atoms with van der Waals surface area (Å²) in [5, 5.41) is 0. The number of likely N-dealkylation sites (N-methyl/N-ethyl adjacent to an activating group) is 1. The molecule has 1 aliphatic rings. The first-order valence-electron chi connectivity index (χ1n) is 5.09. The van der Waals surface area contributed by atoms with Crippen LogP contribution in [0.25, 0.3) is 0 Å². The maximum Gasteiger partial charge on any atom is 0.242 e. The second-order valence-electron chi connectivity index (χ2n) is 3.59. The summed E-state index contributed by atoms with van der Waals surface area (Å²) in [6, 6.07) is 5.35. The van der Waals surface area contributed by atoms with Gasteiger partial charge in [-0.1, -0.05) is 15.9 Å². The molecule has 1 heterocycles. The molecule has 0 saturated heterocycles. The highest BCUT2D eigenvalue weighted by atomic mass is 79.9. The number of nitrogens with zero attached hydrogens (tertiary/aromatic N) is 1. The Labute approximate surface area is 104 Å². The number of sulfonamides is 1. The average molecular weight is 305 g/mol. The van der Waals surface area contributed by atoms with E-state index in [2.05, 4.69) is 25.6 Å². The van der Waals surface area contributed by atoms with Crippen LogP contribution in [0.1, 0.15) is 6.92 Å². The van der Waals surface area contributed by atoms with Gasteiger partial charge in [-0.05, 0) is 25.1 Å². The van der Waals surface area contributed by atoms with E-state index in [1.165, 1.54) is 0 Å². The quantitative estimate of drug-likeness (QED) is 0.857. The first-order valence-corrected chi connectivity index (χ1v) is 7.36. The summed E-state index contributed by atoms with van der Waals surface area (Å²) < 4.78 is 27.2. The molecule has 1 N–H and O–H groups in total. The van der Waals surface area contributed by atoms with Gasteiger partial charge in [0.1, 0.15) is 4.90 Å². The van der Waals surface area contributed by atoms with Crippen molar-refractivity contribution < 1.29 is 8.42 Å². The highest BCUT2D eigenvalue weighted by molar-refractivity contribution is 9.10. The molecule has 16 heavy (non-hydrogen) atoms. The Hall–Kier alpha value is -0.590. The zero-order chi connectivity index (χ0) is 11.8. The third-order valence-corrected chi connectivity index (χ3v) is 4.59. The molecule has 1 aliphatic heterocycles. The summed E-state index contributed by atoms with van der Waals surface area (Å²) >= 11 is 3.30. The van der Waals surface area contributed by atoms with Crippen LogP contribution in [0.3, 0.4) is 0 Å². The fourth-order valence-corrected chi connectivity index (χ4v) is 3.59. The van der Waals surface area contributed by atoms with Gasteiger partial charge in [0.25, 0.3) is 0 Å². The summed E-state index contributed by atoms with van der Waals surface area (Å²) in [5.41, 5.74) is 0.774. The van der Waals surface area contributed by atoms with Crippen molar-refractivity contribution in [2.24, 2.45) is 0 Å². The van der Waals surface area contributed by atoms with Crippen molar-refractivity contribution >= 4 is 31.6 Å². The van der Waals surface area contributed by atoms with Crippen LogP contribution >= 0.6 is 15.9 Å². The second kappa shape index (κ2) is 4.35. The molecule has 0 amide bonds. The van der Waals surface area contributed by atoms with Gasteiger partial charge in [-0.15, -0.1) is 0 Å². The highest BCUT2D eigenvalue weighted by Crippen LogP contribution is 2.29. The van der Waals surface area contributed by atoms with Crippen LogP contribution in [-0.2, 0) is 10.0 Å². The van der Waals surface area contributed by atoms with Crippen molar-refractivity contribution in [2.45, 2.75) is 11.8 Å². The molecule has 1 aromatic rings. The molecule has 0 saturated carbocycles. The Balaban J connectivity index is 2.64. The number of hydrogen-bond acceptors (Lipinski definition) is 3. The molecule has 0 atom stereocenters. The fraction of sp³-hybridized carbons (Fsp3) is 0.400. The van der Waals surface area contributed by atoms with Crippen LogP contribution in [0.15, 0.2) is 27.6 Å². The Kier molecular flexibility index (Phi) is 3.23. The van der Waals surface area contributed by atoms with Crippen LogP contribution in [0.4, 0.5) is 5.69 Å². The van der Waals surface area contributed by atoms with Crippen molar-refractivity contribution in [3.63, 3.8) is 0 Å². The number of hydrogen-bond donors (Lipinski definition) is 1. The summed E-state index contributed by atoms with van der Waals surface area (Å²) in [6.45, 7) is 3.96. The van der Waals surface area contributed by atoms with Gasteiger partial charge >= 0.3 is 0 Å². The van der Waals surface area contributed by atoms with Gasteiger partial charge in [0.05, 0.1) is 5.69 Å². The van der Waals surface area contributed by atoms with Crippen molar-refractivity contribution in [3.05, 3.63) is 22.7 Å². The molecule has 1 aromatic carbocycles. The number of rotatable bonds is 1. The van der Waals surface area contributed by atoms with Crippen LogP contribution in [0, 0.1) is 0 Å². The topological polar surface area (TPSA) is 49.4 Å². The molecule has 0 radical (unpaired) electrons. The van der Waals surface area contributed by atoms with Crippen LogP contribution in [0.5, 0.6) is 0 Å². The minimum Gasteiger partial charge on any atom is -0.369 e. The maximum atomic E-state index is 11.9. The second-order valence-corrected chi connectivity index (χ2v) is 6.24. The normalized spacial score (nSPS) is 19.0. The van der Waals surface area contributed by atoms with E-state index in [9.17, 15) is 8.42 Å². The van der Waals surface area contributed by atoms with Crippen molar-refractivity contribution in [3.8, 4) is 0 Å². The molecule has 2 rings (SSSR count). The van der Waals surface area contributed by atoms with E-state index >= 15 is 0 Å². The van der Waals surface area contributed by atoms with Crippen molar-refractivity contribution in [1.29, 1.82) is 0 Å². The third-order valence-electron chi connectivity index (χ3n) is 2.61. The lowest BCUT2D eigenvalue weighted by molar-refractivity contribution is 0.585. The summed E-state index contributed by atoms with van der Waals surface area (Å²) in [7, 11) is -3.37. The van der Waals surface area contributed by atoms with Crippen LogP contribution in [-0.4, -0.2) is 28.1 Å². The van der Waals surface area contributed by atoms with Crippen LogP contribution < -0.4 is 9.62 Å². The molecule has 0 spiro atoms. The molecule has 0 aliphatic carbocycles. The SMILES string of the molecule is CCN1CCNS(=O)(=O)c2cc(Br)ccc21. The number of fused-ring (bicyclic) bond motifs is 1. The monoisotopic (exact) mass is 304 g/mol. The molecule has 88 valence electrons. The summed E-state index contributed by atoms with van der Waals surface area (Å²) in [6.07, 6.45) is 0. The molecular weight excluding hydrogens is 292 g/mol. The Morgan fingerprint density at radius 1 is 1.50 bits per heavy atom. The Bertz CT molecular complexity index is 502. The van der Waals surface area contributed by atoms with Crippen molar-refractivity contribution in [1.82, 2.24) is 4.72 Å². The Morgan fingerprint density at radius 3 is 2.94 bits per heavy atom. The number of nitrogens with one attached hydrogen (secondary N) is 1. The van der Waals surface area contributed by atoms with E-state index in [4.69, 9.17) is 0 Å². The first kappa shape index (κ1) is 11.9. The zero-order valence-electron chi connectivity index (χ0n) is 8.90. The largest absolute Gasteiger partial charge is 0.369 e. The smallest absolute Gasteiger partial charge is 0.242 e. The minimum atomic E-state index is -3.37. The maximum absolute atomic E-state index is 11.9. The Morgan fingerprint density at radius 2 is 2.25 bits per heavy atom. The highest BCUT2D eigenvalue weighted by Gasteiger charge is 2.24. The van der Waals surface area contributed by atoms with Crippen LogP contribution in [0.2, 0.25) is 0 Å². The van der Waals surface area contributed by atoms with Gasteiger partial charge in [0, 0.05) is 24.1 Å². The molecule has 6 heteroatoms. The fourth-order valence-electron chi connectivity index (χ4n) is 1.81. The molecule has 0 aromatic heterocycles. The molecule has 0 bridgehead atoms. The van der Waals surface area contributed by atoms with Gasteiger partial charge in [0.2, 0.25) is 10.0 Å². The number of halogens is 1. The lowest BCUT2D eigenvalue weighted by Gasteiger charge is -2.21. The molecule has 0 unspecified atom stereocenters. The van der Waals surface area contributed by atoms with Crippen molar-refractivity contribution in [2.75, 3.05) is 24.5 Å². The lowest BCUT2D eigenvalue weighted by atomic mass is 10.3. The van der Waals surface area contributed by atoms with E-state index in [1.54, 1.807) is 6.07 Å². The van der Waals surface area contributed by atoms with E-state index < -0.39 is 10.0 Å². The van der Waals surface area contributed by atoms with E-state index in [0.717, 1.165) is 16.7 Å². The van der Waals surface area contributed by atoms with Gasteiger partial charge in [0.15, 0.2) is 0 Å². The predicted octanol–water partition coefficient (Wildman–Crippen LogP) is 1.57. The summed E-state index contributed by atoms with van der Waals surface area (Å²) in [4.78, 5) is 2.40. The summed E-state index contributed by atoms with van der Waals surface area (Å²) in [5.74, 6) is 0. The van der Waals surface area contributed by atoms with E-state index in [1.807, 2.05) is 19.1 Å². The van der Waals surface area contributed by atoms with Gasteiger partial charge < -0.3 is 4.90 Å². The van der Waals surface area contributed by atoms with E-state index in [0.29, 0.717) is 18.0 Å². The van der Waals surface area contributed by atoms with Gasteiger partial charge in [-0.25, -0.2) is 13.1 Å². The first-order chi connectivity index (χ1) is 7.54. The van der Waals surface area contributed by atoms with Gasteiger partial charge in [-0.3, -0.25) is 0 Å². The average Bonchev–Trinajstić information content (AvgIpc) is 2.36. The zero-order valence-corrected chi connectivity index (χ0v) is 11.3. The number of anilines is 1. The standard InChI is InChI=1S/C10H13BrN2O2S/c1-2-13-6-5-12-16(14,15)10-7-8(11)3-4-9(10)13/h3-4,7,12H,2,5-6H2,1H3. The predicted molar refractivity (Wildman–Crippen MR) is 67.2 cm³/mol. The number of benzene rings is 1.